The number of nitrogens with zero attached hydrogens (tertiary/aromatic N) is 1. The highest BCUT2D eigenvalue weighted by atomic mass is 16.5. The maximum absolute atomic E-state index is 5.51. The van der Waals surface area contributed by atoms with Crippen LogP contribution in [0.15, 0.2) is 0 Å². The highest BCUT2D eigenvalue weighted by Crippen LogP contribution is 2.28. The second kappa shape index (κ2) is 7.77. The Hall–Kier alpha value is -0.120. The van der Waals surface area contributed by atoms with Crippen LogP contribution in [0.2, 0.25) is 0 Å². The Morgan fingerprint density at radius 2 is 1.95 bits per heavy atom. The minimum Gasteiger partial charge on any atom is -0.381 e. The van der Waals surface area contributed by atoms with Crippen LogP contribution in [-0.4, -0.2) is 50.3 Å². The van der Waals surface area contributed by atoms with E-state index in [1.807, 2.05) is 0 Å². The summed E-state index contributed by atoms with van der Waals surface area (Å²) in [7, 11) is 0. The first kappa shape index (κ1) is 14.8. The Labute approximate surface area is 124 Å². The molecule has 20 heavy (non-hydrogen) atoms. The second-order valence-corrected chi connectivity index (χ2v) is 7.13. The molecule has 0 bridgehead atoms. The third-order valence-corrected chi connectivity index (χ3v) is 5.61. The number of hydrogen-bond acceptors (Lipinski definition) is 3. The molecule has 0 radical (unpaired) electrons. The highest BCUT2D eigenvalue weighted by molar-refractivity contribution is 4.84. The van der Waals surface area contributed by atoms with E-state index in [1.54, 1.807) is 0 Å². The molecule has 2 heterocycles. The quantitative estimate of drug-likeness (QED) is 0.857. The number of hydrogen-bond donors (Lipinski definition) is 1. The third-order valence-electron chi connectivity index (χ3n) is 5.61. The summed E-state index contributed by atoms with van der Waals surface area (Å²) < 4.78 is 5.51. The van der Waals surface area contributed by atoms with Gasteiger partial charge in [0, 0.05) is 25.8 Å². The fraction of sp³-hybridized carbons (Fsp3) is 1.00. The Bertz CT molecular complexity index is 272. The summed E-state index contributed by atoms with van der Waals surface area (Å²) in [6.45, 7) is 7.11. The summed E-state index contributed by atoms with van der Waals surface area (Å²) in [5.41, 5.74) is 0. The van der Waals surface area contributed by atoms with Gasteiger partial charge in [0.1, 0.15) is 0 Å². The van der Waals surface area contributed by atoms with Crippen molar-refractivity contribution >= 4 is 0 Å². The summed E-state index contributed by atoms with van der Waals surface area (Å²) in [5, 5.41) is 3.84. The molecule has 0 aromatic carbocycles. The molecule has 0 amide bonds. The third kappa shape index (κ3) is 4.19. The van der Waals surface area contributed by atoms with Crippen molar-refractivity contribution in [3.8, 4) is 0 Å². The Morgan fingerprint density at radius 3 is 2.75 bits per heavy atom. The molecule has 116 valence electrons. The molecular formula is C17H32N2O. The van der Waals surface area contributed by atoms with Crippen molar-refractivity contribution < 1.29 is 4.74 Å². The lowest BCUT2D eigenvalue weighted by Crippen LogP contribution is -2.44. The largest absolute Gasteiger partial charge is 0.381 e. The fourth-order valence-corrected chi connectivity index (χ4v) is 4.26. The van der Waals surface area contributed by atoms with E-state index in [0.29, 0.717) is 0 Å². The Morgan fingerprint density at radius 1 is 1.05 bits per heavy atom. The standard InChI is InChI=1S/C17H32N2O/c1-2-5-16(6-3-1)17-13-19(10-4-9-18-17)11-7-15-8-12-20-14-15/h15-18H,1-14H2. The minimum atomic E-state index is 0.762. The molecule has 3 rings (SSSR count). The van der Waals surface area contributed by atoms with E-state index in [-0.39, 0.29) is 0 Å². The first-order chi connectivity index (χ1) is 9.92. The van der Waals surface area contributed by atoms with Crippen LogP contribution in [0.4, 0.5) is 0 Å². The van der Waals surface area contributed by atoms with Crippen LogP contribution < -0.4 is 5.32 Å². The van der Waals surface area contributed by atoms with Crippen molar-refractivity contribution in [2.75, 3.05) is 39.4 Å². The number of ether oxygens (including phenoxy) is 1. The van der Waals surface area contributed by atoms with Gasteiger partial charge in [0.05, 0.1) is 0 Å². The van der Waals surface area contributed by atoms with Crippen molar-refractivity contribution in [2.24, 2.45) is 11.8 Å². The van der Waals surface area contributed by atoms with Crippen LogP contribution in [-0.2, 0) is 4.74 Å². The minimum absolute atomic E-state index is 0.762. The first-order valence-corrected chi connectivity index (χ1v) is 8.95. The molecule has 2 aliphatic heterocycles. The lowest BCUT2D eigenvalue weighted by atomic mass is 9.83. The molecule has 3 fully saturated rings. The average molecular weight is 280 g/mol. The molecule has 0 spiro atoms. The van der Waals surface area contributed by atoms with Gasteiger partial charge in [-0.2, -0.15) is 0 Å². The Balaban J connectivity index is 1.46. The first-order valence-electron chi connectivity index (χ1n) is 8.95. The van der Waals surface area contributed by atoms with Gasteiger partial charge in [0.2, 0.25) is 0 Å². The lowest BCUT2D eigenvalue weighted by molar-refractivity contribution is 0.172. The van der Waals surface area contributed by atoms with Crippen LogP contribution in [0.25, 0.3) is 0 Å². The molecule has 3 aliphatic rings. The smallest absolute Gasteiger partial charge is 0.0495 e. The molecule has 2 atom stereocenters. The maximum atomic E-state index is 5.51. The van der Waals surface area contributed by atoms with Crippen LogP contribution in [0.5, 0.6) is 0 Å². The van der Waals surface area contributed by atoms with Crippen molar-refractivity contribution in [1.82, 2.24) is 10.2 Å². The molecular weight excluding hydrogens is 248 g/mol. The van der Waals surface area contributed by atoms with E-state index in [9.17, 15) is 0 Å². The van der Waals surface area contributed by atoms with Gasteiger partial charge < -0.3 is 15.0 Å². The summed E-state index contributed by atoms with van der Waals surface area (Å²) in [5.74, 6) is 1.78. The topological polar surface area (TPSA) is 24.5 Å². The highest BCUT2D eigenvalue weighted by Gasteiger charge is 2.27. The second-order valence-electron chi connectivity index (χ2n) is 7.13. The molecule has 0 aromatic heterocycles. The van der Waals surface area contributed by atoms with Gasteiger partial charge in [-0.05, 0) is 63.6 Å². The van der Waals surface area contributed by atoms with Crippen LogP contribution in [0.1, 0.15) is 51.4 Å². The zero-order chi connectivity index (χ0) is 13.6. The predicted molar refractivity (Wildman–Crippen MR) is 83.0 cm³/mol. The predicted octanol–water partition coefficient (Wildman–Crippen LogP) is 2.66. The Kier molecular flexibility index (Phi) is 5.75. The van der Waals surface area contributed by atoms with Gasteiger partial charge in [-0.1, -0.05) is 19.3 Å². The number of rotatable bonds is 4. The van der Waals surface area contributed by atoms with Gasteiger partial charge in [0.25, 0.3) is 0 Å². The zero-order valence-electron chi connectivity index (χ0n) is 13.0. The normalized spacial score (nSPS) is 34.2. The van der Waals surface area contributed by atoms with Crippen molar-refractivity contribution in [3.05, 3.63) is 0 Å². The summed E-state index contributed by atoms with van der Waals surface area (Å²) in [6.07, 6.45) is 11.3. The van der Waals surface area contributed by atoms with Crippen LogP contribution in [0.3, 0.4) is 0 Å². The zero-order valence-corrected chi connectivity index (χ0v) is 13.0. The molecule has 2 saturated heterocycles. The van der Waals surface area contributed by atoms with Gasteiger partial charge in [-0.15, -0.1) is 0 Å². The maximum Gasteiger partial charge on any atom is 0.0495 e. The number of nitrogens with one attached hydrogen (secondary N) is 1. The molecule has 0 aromatic rings. The average Bonchev–Trinajstić information content (AvgIpc) is 2.90. The molecule has 2 unspecified atom stereocenters. The molecule has 1 N–H and O–H groups in total. The van der Waals surface area contributed by atoms with E-state index in [1.165, 1.54) is 77.5 Å². The van der Waals surface area contributed by atoms with E-state index >= 15 is 0 Å². The van der Waals surface area contributed by atoms with Crippen molar-refractivity contribution in [1.29, 1.82) is 0 Å². The molecule has 1 saturated carbocycles. The van der Waals surface area contributed by atoms with Crippen molar-refractivity contribution in [2.45, 2.75) is 57.4 Å². The van der Waals surface area contributed by atoms with Gasteiger partial charge >= 0.3 is 0 Å². The molecule has 3 nitrogen and oxygen atoms in total. The molecule has 3 heteroatoms. The van der Waals surface area contributed by atoms with Gasteiger partial charge in [0.15, 0.2) is 0 Å². The molecule has 1 aliphatic carbocycles. The van der Waals surface area contributed by atoms with Crippen LogP contribution in [0, 0.1) is 11.8 Å². The van der Waals surface area contributed by atoms with Gasteiger partial charge in [-0.3, -0.25) is 0 Å². The summed E-state index contributed by atoms with van der Waals surface area (Å²) in [6, 6.07) is 0.762. The van der Waals surface area contributed by atoms with E-state index in [0.717, 1.165) is 31.1 Å². The SMILES string of the molecule is C1CCC(C2CN(CCC3CCOC3)CCCN2)CC1. The van der Waals surface area contributed by atoms with Gasteiger partial charge in [-0.25, -0.2) is 0 Å². The van der Waals surface area contributed by atoms with E-state index in [4.69, 9.17) is 4.74 Å². The summed E-state index contributed by atoms with van der Waals surface area (Å²) >= 11 is 0. The summed E-state index contributed by atoms with van der Waals surface area (Å²) in [4.78, 5) is 2.73. The van der Waals surface area contributed by atoms with Crippen molar-refractivity contribution in [3.63, 3.8) is 0 Å². The van der Waals surface area contributed by atoms with E-state index in [2.05, 4.69) is 10.2 Å². The monoisotopic (exact) mass is 280 g/mol. The fourth-order valence-electron chi connectivity index (χ4n) is 4.26. The van der Waals surface area contributed by atoms with Crippen LogP contribution >= 0.6 is 0 Å². The lowest BCUT2D eigenvalue weighted by Gasteiger charge is -2.33. The van der Waals surface area contributed by atoms with E-state index < -0.39 is 0 Å².